The molecule has 0 saturated carbocycles. The van der Waals surface area contributed by atoms with E-state index in [2.05, 4.69) is 12.1 Å². The zero-order valence-corrected chi connectivity index (χ0v) is 14.3. The van der Waals surface area contributed by atoms with Crippen molar-refractivity contribution in [2.75, 3.05) is 13.2 Å². The van der Waals surface area contributed by atoms with Gasteiger partial charge in [0, 0.05) is 0 Å². The van der Waals surface area contributed by atoms with Gasteiger partial charge in [0.2, 0.25) is 0 Å². The van der Waals surface area contributed by atoms with Gasteiger partial charge in [0.15, 0.2) is 0 Å². The van der Waals surface area contributed by atoms with Gasteiger partial charge in [0.1, 0.15) is 0 Å². The highest BCUT2D eigenvalue weighted by atomic mass is 31.2. The zero-order valence-electron chi connectivity index (χ0n) is 13.4. The Bertz CT molecular complexity index is 613. The van der Waals surface area contributed by atoms with Gasteiger partial charge in [-0.1, -0.05) is 54.6 Å². The van der Waals surface area contributed by atoms with Crippen molar-refractivity contribution in [1.29, 1.82) is 0 Å². The fourth-order valence-corrected chi connectivity index (χ4v) is 4.17. The summed E-state index contributed by atoms with van der Waals surface area (Å²) >= 11 is 0. The lowest BCUT2D eigenvalue weighted by atomic mass is 10.0. The molecule has 0 spiro atoms. The van der Waals surface area contributed by atoms with Gasteiger partial charge < -0.3 is 9.05 Å². The van der Waals surface area contributed by atoms with Crippen LogP contribution >= 0.6 is 7.60 Å². The van der Waals surface area contributed by atoms with E-state index in [0.717, 1.165) is 11.1 Å². The first-order valence-corrected chi connectivity index (χ1v) is 9.26. The normalized spacial score (nSPS) is 13.0. The summed E-state index contributed by atoms with van der Waals surface area (Å²) in [6.07, 6.45) is 0. The SMILES string of the molecule is CCOP(=O)(OCC)C(C)c1ccc(-c2ccccc2)cc1. The minimum Gasteiger partial charge on any atom is -0.308 e. The highest BCUT2D eigenvalue weighted by Gasteiger charge is 2.32. The predicted molar refractivity (Wildman–Crippen MR) is 91.2 cm³/mol. The Morgan fingerprint density at radius 2 is 1.36 bits per heavy atom. The van der Waals surface area contributed by atoms with E-state index in [1.807, 2.05) is 63.2 Å². The van der Waals surface area contributed by atoms with E-state index in [1.54, 1.807) is 0 Å². The van der Waals surface area contributed by atoms with Crippen LogP contribution in [-0.2, 0) is 13.6 Å². The second-order valence-electron chi connectivity index (χ2n) is 5.04. The molecule has 2 aromatic rings. The first-order valence-electron chi connectivity index (χ1n) is 7.65. The minimum absolute atomic E-state index is 0.280. The van der Waals surface area contributed by atoms with Crippen molar-refractivity contribution in [1.82, 2.24) is 0 Å². The highest BCUT2D eigenvalue weighted by Crippen LogP contribution is 2.60. The third-order valence-electron chi connectivity index (χ3n) is 3.59. The molecule has 0 aliphatic heterocycles. The van der Waals surface area contributed by atoms with Crippen LogP contribution in [-0.4, -0.2) is 13.2 Å². The Hall–Kier alpha value is -1.41. The van der Waals surface area contributed by atoms with Gasteiger partial charge in [0.05, 0.1) is 18.9 Å². The lowest BCUT2D eigenvalue weighted by Gasteiger charge is -2.23. The topological polar surface area (TPSA) is 35.5 Å². The number of benzene rings is 2. The van der Waals surface area contributed by atoms with E-state index >= 15 is 0 Å². The molecular weight excluding hydrogens is 295 g/mol. The maximum Gasteiger partial charge on any atom is 0.337 e. The molecule has 0 radical (unpaired) electrons. The van der Waals surface area contributed by atoms with Crippen LogP contribution in [0.1, 0.15) is 32.0 Å². The highest BCUT2D eigenvalue weighted by molar-refractivity contribution is 7.54. The van der Waals surface area contributed by atoms with E-state index in [9.17, 15) is 4.57 Å². The molecule has 118 valence electrons. The molecule has 22 heavy (non-hydrogen) atoms. The molecule has 0 amide bonds. The first-order chi connectivity index (χ1) is 10.6. The van der Waals surface area contributed by atoms with E-state index in [1.165, 1.54) is 5.56 Å². The Morgan fingerprint density at radius 1 is 0.864 bits per heavy atom. The lowest BCUT2D eigenvalue weighted by Crippen LogP contribution is -2.03. The average molecular weight is 318 g/mol. The van der Waals surface area contributed by atoms with Gasteiger partial charge in [-0.25, -0.2) is 0 Å². The van der Waals surface area contributed by atoms with Crippen molar-refractivity contribution in [2.45, 2.75) is 26.4 Å². The molecule has 0 saturated heterocycles. The van der Waals surface area contributed by atoms with E-state index in [-0.39, 0.29) is 5.66 Å². The fourth-order valence-electron chi connectivity index (χ4n) is 2.39. The van der Waals surface area contributed by atoms with Gasteiger partial charge in [-0.2, -0.15) is 0 Å². The molecule has 1 unspecified atom stereocenters. The molecule has 0 N–H and O–H groups in total. The smallest absolute Gasteiger partial charge is 0.308 e. The van der Waals surface area contributed by atoms with Crippen molar-refractivity contribution < 1.29 is 13.6 Å². The molecule has 0 bridgehead atoms. The Morgan fingerprint density at radius 3 is 1.86 bits per heavy atom. The maximum absolute atomic E-state index is 12.8. The van der Waals surface area contributed by atoms with Crippen LogP contribution in [0.4, 0.5) is 0 Å². The van der Waals surface area contributed by atoms with E-state index in [4.69, 9.17) is 9.05 Å². The van der Waals surface area contributed by atoms with E-state index in [0.29, 0.717) is 13.2 Å². The minimum atomic E-state index is -3.12. The first kappa shape index (κ1) is 17.0. The molecule has 0 aliphatic carbocycles. The molecule has 0 fully saturated rings. The van der Waals surface area contributed by atoms with Crippen LogP contribution in [0.25, 0.3) is 11.1 Å². The van der Waals surface area contributed by atoms with Crippen molar-refractivity contribution >= 4 is 7.60 Å². The summed E-state index contributed by atoms with van der Waals surface area (Å²) in [5.74, 6) is 0. The number of hydrogen-bond acceptors (Lipinski definition) is 3. The quantitative estimate of drug-likeness (QED) is 0.616. The lowest BCUT2D eigenvalue weighted by molar-refractivity contribution is 0.213. The Balaban J connectivity index is 2.24. The molecular formula is C18H23O3P. The molecule has 0 heterocycles. The van der Waals surface area contributed by atoms with Gasteiger partial charge in [-0.05, 0) is 37.5 Å². The van der Waals surface area contributed by atoms with Gasteiger partial charge in [-0.15, -0.1) is 0 Å². The Kier molecular flexibility index (Phi) is 5.96. The summed E-state index contributed by atoms with van der Waals surface area (Å²) in [6, 6.07) is 18.3. The summed E-state index contributed by atoms with van der Waals surface area (Å²) in [4.78, 5) is 0. The predicted octanol–water partition coefficient (Wildman–Crippen LogP) is 5.68. The second kappa shape index (κ2) is 7.73. The van der Waals surface area contributed by atoms with Crippen LogP contribution in [0.15, 0.2) is 54.6 Å². The van der Waals surface area contributed by atoms with Crippen molar-refractivity contribution in [3.63, 3.8) is 0 Å². The molecule has 4 heteroatoms. The van der Waals surface area contributed by atoms with Gasteiger partial charge in [-0.3, -0.25) is 4.57 Å². The zero-order chi connectivity index (χ0) is 16.0. The average Bonchev–Trinajstić information content (AvgIpc) is 2.55. The maximum atomic E-state index is 12.8. The summed E-state index contributed by atoms with van der Waals surface area (Å²) in [7, 11) is -3.12. The molecule has 3 nitrogen and oxygen atoms in total. The van der Waals surface area contributed by atoms with Crippen LogP contribution in [0.3, 0.4) is 0 Å². The van der Waals surface area contributed by atoms with Gasteiger partial charge >= 0.3 is 7.60 Å². The summed E-state index contributed by atoms with van der Waals surface area (Å²) in [5.41, 5.74) is 2.99. The molecule has 0 aliphatic rings. The van der Waals surface area contributed by atoms with Crippen LogP contribution in [0, 0.1) is 0 Å². The standard InChI is InChI=1S/C18H23O3P/c1-4-20-22(19,21-5-2)15(3)16-11-13-18(14-12-16)17-9-7-6-8-10-17/h6-15H,4-5H2,1-3H3. The summed E-state index contributed by atoms with van der Waals surface area (Å²) in [6.45, 7) is 6.31. The number of hydrogen-bond donors (Lipinski definition) is 0. The fraction of sp³-hybridized carbons (Fsp3) is 0.333. The van der Waals surface area contributed by atoms with Gasteiger partial charge in [0.25, 0.3) is 0 Å². The largest absolute Gasteiger partial charge is 0.337 e. The second-order valence-corrected chi connectivity index (χ2v) is 7.41. The monoisotopic (exact) mass is 318 g/mol. The van der Waals surface area contributed by atoms with Crippen LogP contribution in [0.5, 0.6) is 0 Å². The molecule has 0 aromatic heterocycles. The van der Waals surface area contributed by atoms with Crippen molar-refractivity contribution in [3.8, 4) is 11.1 Å². The van der Waals surface area contributed by atoms with Crippen molar-refractivity contribution in [2.24, 2.45) is 0 Å². The third kappa shape index (κ3) is 3.86. The molecule has 2 rings (SSSR count). The Labute approximate surface area is 132 Å². The van der Waals surface area contributed by atoms with E-state index < -0.39 is 7.60 Å². The third-order valence-corrected chi connectivity index (χ3v) is 6.08. The number of rotatable bonds is 7. The van der Waals surface area contributed by atoms with Crippen LogP contribution in [0.2, 0.25) is 0 Å². The molecule has 1 atom stereocenters. The van der Waals surface area contributed by atoms with Crippen molar-refractivity contribution in [3.05, 3.63) is 60.2 Å². The summed E-state index contributed by atoms with van der Waals surface area (Å²) < 4.78 is 23.7. The summed E-state index contributed by atoms with van der Waals surface area (Å²) in [5, 5.41) is 0. The van der Waals surface area contributed by atoms with Crippen LogP contribution < -0.4 is 0 Å². The molecule has 2 aromatic carbocycles.